The molecule has 0 spiro atoms. The van der Waals surface area contributed by atoms with Crippen LogP contribution in [-0.2, 0) is 22.6 Å². The van der Waals surface area contributed by atoms with Crippen LogP contribution in [0.3, 0.4) is 0 Å². The first-order valence-corrected chi connectivity index (χ1v) is 12.1. The Morgan fingerprint density at radius 2 is 1.70 bits per heavy atom. The number of rotatable bonds is 7. The van der Waals surface area contributed by atoms with Gasteiger partial charge in [0.05, 0.1) is 16.3 Å². The SMILES string of the molecule is O=C([N-]S(=O)(=O)c1cccnc1)NCCc1ccc(-n2nc(C(F)(F)F)cc2-c2ccccc2)cc1.[Na+]. The number of nitrogens with zero attached hydrogens (tertiary/aromatic N) is 4. The van der Waals surface area contributed by atoms with Crippen molar-refractivity contribution in [2.24, 2.45) is 0 Å². The van der Waals surface area contributed by atoms with Gasteiger partial charge < -0.3 is 10.0 Å². The minimum Gasteiger partial charge on any atom is -0.448 e. The average molecular weight is 537 g/mol. The molecule has 186 valence electrons. The summed E-state index contributed by atoms with van der Waals surface area (Å²) in [5, 5.41) is 6.17. The molecule has 0 fully saturated rings. The smallest absolute Gasteiger partial charge is 0.448 e. The zero-order valence-corrected chi connectivity index (χ0v) is 22.4. The third-order valence-electron chi connectivity index (χ3n) is 5.08. The molecule has 0 atom stereocenters. The fraction of sp³-hybridized carbons (Fsp3) is 0.125. The van der Waals surface area contributed by atoms with Crippen LogP contribution < -0.4 is 34.9 Å². The molecule has 0 aliphatic carbocycles. The Hall–Kier alpha value is -3.19. The Morgan fingerprint density at radius 3 is 2.32 bits per heavy atom. The van der Waals surface area contributed by atoms with Gasteiger partial charge in [0.25, 0.3) is 0 Å². The summed E-state index contributed by atoms with van der Waals surface area (Å²) in [5.74, 6) is 0. The van der Waals surface area contributed by atoms with Gasteiger partial charge in [0.1, 0.15) is 0 Å². The van der Waals surface area contributed by atoms with Crippen LogP contribution in [0.1, 0.15) is 11.3 Å². The maximum absolute atomic E-state index is 13.3. The fourth-order valence-corrected chi connectivity index (χ4v) is 4.18. The van der Waals surface area contributed by atoms with Crippen LogP contribution >= 0.6 is 0 Å². The van der Waals surface area contributed by atoms with Crippen molar-refractivity contribution in [2.45, 2.75) is 17.5 Å². The zero-order chi connectivity index (χ0) is 25.8. The summed E-state index contributed by atoms with van der Waals surface area (Å²) < 4.78 is 68.6. The van der Waals surface area contributed by atoms with Crippen LogP contribution in [0.15, 0.2) is 90.1 Å². The first-order valence-electron chi connectivity index (χ1n) is 10.6. The number of carbonyl (C=O) groups excluding carboxylic acids is 1. The summed E-state index contributed by atoms with van der Waals surface area (Å²) >= 11 is 0. The zero-order valence-electron chi connectivity index (χ0n) is 19.6. The van der Waals surface area contributed by atoms with Crippen molar-refractivity contribution in [3.05, 3.63) is 101 Å². The second-order valence-electron chi connectivity index (χ2n) is 7.59. The molecule has 0 radical (unpaired) electrons. The van der Waals surface area contributed by atoms with Crippen molar-refractivity contribution >= 4 is 16.1 Å². The normalized spacial score (nSPS) is 11.4. The first-order chi connectivity index (χ1) is 17.1. The van der Waals surface area contributed by atoms with Gasteiger partial charge in [0, 0.05) is 18.0 Å². The molecule has 0 saturated carbocycles. The molecule has 4 rings (SSSR count). The van der Waals surface area contributed by atoms with Crippen molar-refractivity contribution in [3.8, 4) is 16.9 Å². The van der Waals surface area contributed by atoms with E-state index >= 15 is 0 Å². The van der Waals surface area contributed by atoms with Crippen LogP contribution in [0.5, 0.6) is 0 Å². The Morgan fingerprint density at radius 1 is 1.00 bits per heavy atom. The number of alkyl halides is 3. The number of benzene rings is 2. The second kappa shape index (κ2) is 11.9. The van der Waals surface area contributed by atoms with E-state index in [4.69, 9.17) is 0 Å². The molecular weight excluding hydrogens is 518 g/mol. The molecule has 2 aromatic heterocycles. The summed E-state index contributed by atoms with van der Waals surface area (Å²) in [6, 6.07) is 17.9. The Kier molecular flexibility index (Phi) is 9.13. The molecule has 8 nitrogen and oxygen atoms in total. The molecule has 0 bridgehead atoms. The van der Waals surface area contributed by atoms with E-state index in [1.807, 2.05) is 0 Å². The maximum atomic E-state index is 13.3. The van der Waals surface area contributed by atoms with Gasteiger partial charge in [-0.1, -0.05) is 42.5 Å². The van der Waals surface area contributed by atoms with Crippen molar-refractivity contribution in [3.63, 3.8) is 0 Å². The third-order valence-corrected chi connectivity index (χ3v) is 6.32. The van der Waals surface area contributed by atoms with Gasteiger partial charge in [-0.25, -0.2) is 13.1 Å². The minimum absolute atomic E-state index is 0. The molecule has 2 aromatic carbocycles. The van der Waals surface area contributed by atoms with Crippen LogP contribution in [0.4, 0.5) is 18.0 Å². The number of nitrogens with one attached hydrogen (secondary N) is 1. The van der Waals surface area contributed by atoms with Crippen LogP contribution in [0.25, 0.3) is 21.7 Å². The molecule has 0 aliphatic heterocycles. The second-order valence-corrected chi connectivity index (χ2v) is 9.20. The van der Waals surface area contributed by atoms with E-state index in [1.54, 1.807) is 54.6 Å². The van der Waals surface area contributed by atoms with Gasteiger partial charge in [-0.3, -0.25) is 9.78 Å². The number of carbonyl (C=O) groups is 1. The van der Waals surface area contributed by atoms with E-state index < -0.39 is 27.9 Å². The molecule has 2 heterocycles. The van der Waals surface area contributed by atoms with Crippen LogP contribution in [-0.4, -0.2) is 35.8 Å². The summed E-state index contributed by atoms with van der Waals surface area (Å²) in [4.78, 5) is 15.4. The largest absolute Gasteiger partial charge is 1.00 e. The van der Waals surface area contributed by atoms with Gasteiger partial charge in [0.15, 0.2) is 11.7 Å². The summed E-state index contributed by atoms with van der Waals surface area (Å²) in [6.45, 7) is 0.0967. The molecule has 1 N–H and O–H groups in total. The average Bonchev–Trinajstić information content (AvgIpc) is 3.32. The van der Waals surface area contributed by atoms with Crippen molar-refractivity contribution in [1.82, 2.24) is 20.1 Å². The predicted molar refractivity (Wildman–Crippen MR) is 126 cm³/mol. The van der Waals surface area contributed by atoms with E-state index in [-0.39, 0.29) is 41.0 Å². The topological polar surface area (TPSA) is 108 Å². The van der Waals surface area contributed by atoms with E-state index in [0.29, 0.717) is 23.4 Å². The molecule has 13 heteroatoms. The number of aromatic nitrogens is 3. The Labute approximate surface area is 233 Å². The van der Waals surface area contributed by atoms with Gasteiger partial charge in [-0.05, 0) is 48.9 Å². The quantitative estimate of drug-likeness (QED) is 0.363. The summed E-state index contributed by atoms with van der Waals surface area (Å²) in [6.07, 6.45) is -1.77. The summed E-state index contributed by atoms with van der Waals surface area (Å²) in [5.41, 5.74) is 1.06. The third kappa shape index (κ3) is 7.19. The maximum Gasteiger partial charge on any atom is 1.00 e. The number of pyridine rings is 1. The number of amides is 2. The number of hydrogen-bond acceptors (Lipinski definition) is 5. The number of sulfonamides is 1. The predicted octanol–water partition coefficient (Wildman–Crippen LogP) is 1.97. The van der Waals surface area contributed by atoms with Gasteiger partial charge in [-0.2, -0.15) is 18.3 Å². The van der Waals surface area contributed by atoms with Crippen molar-refractivity contribution in [1.29, 1.82) is 0 Å². The van der Waals surface area contributed by atoms with Crippen LogP contribution in [0.2, 0.25) is 0 Å². The molecule has 2 amide bonds. The van der Waals surface area contributed by atoms with Gasteiger partial charge in [-0.15, -0.1) is 0 Å². The molecule has 37 heavy (non-hydrogen) atoms. The molecule has 0 saturated heterocycles. The summed E-state index contributed by atoms with van der Waals surface area (Å²) in [7, 11) is -4.17. The van der Waals surface area contributed by atoms with Crippen molar-refractivity contribution < 1.29 is 55.9 Å². The standard InChI is InChI=1S/C24H20F3N5O3S.Na/c25-24(26,27)22-15-21(18-5-2-1-3-6-18)32(30-22)19-10-8-17(9-11-19)12-14-29-23(33)31-36(34,35)20-7-4-13-28-16-20;/h1-11,13,15-16H,12,14H2,(H2,29,31,33);/q;+1/p-1. The van der Waals surface area contributed by atoms with Gasteiger partial charge in [0.2, 0.25) is 10.0 Å². The minimum atomic E-state index is -4.59. The number of urea groups is 1. The first kappa shape index (κ1) is 28.4. The van der Waals surface area contributed by atoms with E-state index in [9.17, 15) is 26.4 Å². The number of hydrogen-bond donors (Lipinski definition) is 1. The molecular formula is C24H19F3N5NaO3S. The van der Waals surface area contributed by atoms with Gasteiger partial charge >= 0.3 is 35.7 Å². The van der Waals surface area contributed by atoms with E-state index in [2.05, 4.69) is 20.1 Å². The van der Waals surface area contributed by atoms with Crippen LogP contribution in [0, 0.1) is 0 Å². The van der Waals surface area contributed by atoms with E-state index in [1.165, 1.54) is 23.0 Å². The molecule has 0 aliphatic rings. The number of halogens is 3. The monoisotopic (exact) mass is 537 g/mol. The molecule has 4 aromatic rings. The fourth-order valence-electron chi connectivity index (χ4n) is 3.34. The Balaban J connectivity index is 0.00000380. The van der Waals surface area contributed by atoms with Crippen molar-refractivity contribution in [2.75, 3.05) is 6.54 Å². The molecule has 0 unspecified atom stereocenters. The van der Waals surface area contributed by atoms with E-state index in [0.717, 1.165) is 17.8 Å². The Bertz CT molecular complexity index is 1450.